The predicted octanol–water partition coefficient (Wildman–Crippen LogP) is 3.61. The van der Waals surface area contributed by atoms with E-state index in [2.05, 4.69) is 0 Å². The molecule has 2 aromatic carbocycles. The molecule has 0 saturated carbocycles. The molecule has 0 radical (unpaired) electrons. The van der Waals surface area contributed by atoms with Gasteiger partial charge in [0.2, 0.25) is 0 Å². The van der Waals surface area contributed by atoms with E-state index < -0.39 is 0 Å². The second-order valence-electron chi connectivity index (χ2n) is 4.57. The lowest BCUT2D eigenvalue weighted by Gasteiger charge is -2.03. The van der Waals surface area contributed by atoms with Gasteiger partial charge >= 0.3 is 0 Å². The van der Waals surface area contributed by atoms with Crippen LogP contribution in [-0.2, 0) is 6.61 Å². The Morgan fingerprint density at radius 2 is 1.89 bits per heavy atom. The van der Waals surface area contributed by atoms with Crippen LogP contribution in [0.25, 0.3) is 22.3 Å². The molecule has 3 aromatic rings. The Kier molecular flexibility index (Phi) is 2.76. The van der Waals surface area contributed by atoms with Crippen molar-refractivity contribution < 1.29 is 14.6 Å². The highest BCUT2D eigenvalue weighted by Crippen LogP contribution is 2.35. The van der Waals surface area contributed by atoms with Crippen molar-refractivity contribution in [2.24, 2.45) is 0 Å². The molecule has 96 valence electrons. The minimum Gasteiger partial charge on any atom is -0.508 e. The summed E-state index contributed by atoms with van der Waals surface area (Å²) in [5, 5.41) is 20.3. The third-order valence-corrected chi connectivity index (χ3v) is 3.33. The zero-order chi connectivity index (χ0) is 13.4. The molecule has 2 N–H and O–H groups in total. The number of para-hydroxylation sites is 1. The Labute approximate surface area is 110 Å². The van der Waals surface area contributed by atoms with Crippen molar-refractivity contribution >= 4 is 11.0 Å². The summed E-state index contributed by atoms with van der Waals surface area (Å²) in [4.78, 5) is 0. The van der Waals surface area contributed by atoms with Crippen LogP contribution in [0, 0.1) is 6.92 Å². The van der Waals surface area contributed by atoms with Gasteiger partial charge in [-0.15, -0.1) is 0 Å². The van der Waals surface area contributed by atoms with Gasteiger partial charge in [0.25, 0.3) is 0 Å². The van der Waals surface area contributed by atoms with Crippen LogP contribution in [0.2, 0.25) is 0 Å². The number of aliphatic hydroxyl groups excluding tert-OH is 1. The average Bonchev–Trinajstić information content (AvgIpc) is 2.80. The van der Waals surface area contributed by atoms with Gasteiger partial charge < -0.3 is 14.6 Å². The second kappa shape index (κ2) is 4.44. The number of hydrogen-bond acceptors (Lipinski definition) is 3. The summed E-state index contributed by atoms with van der Waals surface area (Å²) in [6, 6.07) is 13.0. The summed E-state index contributed by atoms with van der Waals surface area (Å²) < 4.78 is 5.80. The molecule has 0 aliphatic rings. The van der Waals surface area contributed by atoms with Crippen molar-refractivity contribution in [2.75, 3.05) is 0 Å². The molecule has 0 aliphatic carbocycles. The Balaban J connectivity index is 2.26. The van der Waals surface area contributed by atoms with Crippen LogP contribution in [0.1, 0.15) is 11.1 Å². The molecule has 3 nitrogen and oxygen atoms in total. The quantitative estimate of drug-likeness (QED) is 0.734. The van der Waals surface area contributed by atoms with Gasteiger partial charge in [-0.3, -0.25) is 0 Å². The van der Waals surface area contributed by atoms with Crippen LogP contribution in [0.4, 0.5) is 0 Å². The number of phenols is 1. The molecule has 0 aliphatic heterocycles. The summed E-state index contributed by atoms with van der Waals surface area (Å²) >= 11 is 0. The van der Waals surface area contributed by atoms with Gasteiger partial charge in [-0.1, -0.05) is 30.3 Å². The number of hydrogen-bond donors (Lipinski definition) is 2. The highest BCUT2D eigenvalue weighted by atomic mass is 16.3. The molecule has 19 heavy (non-hydrogen) atoms. The molecule has 0 saturated heterocycles. The predicted molar refractivity (Wildman–Crippen MR) is 74.0 cm³/mol. The maximum absolute atomic E-state index is 9.80. The Morgan fingerprint density at radius 1 is 1.11 bits per heavy atom. The molecule has 1 heterocycles. The normalized spacial score (nSPS) is 11.1. The Bertz CT molecular complexity index is 741. The van der Waals surface area contributed by atoms with Gasteiger partial charge in [-0.25, -0.2) is 0 Å². The molecular formula is C16H14O3. The number of rotatable bonds is 2. The number of phenolic OH excluding ortho intramolecular Hbond substituents is 1. The van der Waals surface area contributed by atoms with E-state index in [-0.39, 0.29) is 12.4 Å². The number of furan rings is 1. The number of aryl methyl sites for hydroxylation is 1. The highest BCUT2D eigenvalue weighted by molar-refractivity contribution is 5.88. The van der Waals surface area contributed by atoms with Gasteiger partial charge in [0.15, 0.2) is 0 Å². The van der Waals surface area contributed by atoms with E-state index in [1.165, 1.54) is 0 Å². The molecule has 3 rings (SSSR count). The van der Waals surface area contributed by atoms with Crippen molar-refractivity contribution in [2.45, 2.75) is 13.5 Å². The summed E-state index contributed by atoms with van der Waals surface area (Å²) in [5.41, 5.74) is 3.06. The second-order valence-corrected chi connectivity index (χ2v) is 4.57. The molecule has 0 amide bonds. The molecule has 0 atom stereocenters. The van der Waals surface area contributed by atoms with Gasteiger partial charge in [0.05, 0.1) is 6.61 Å². The minimum atomic E-state index is -0.0962. The summed E-state index contributed by atoms with van der Waals surface area (Å²) in [6.07, 6.45) is 0. The summed E-state index contributed by atoms with van der Waals surface area (Å²) in [5.74, 6) is 0.834. The van der Waals surface area contributed by atoms with E-state index in [0.29, 0.717) is 5.76 Å². The number of aliphatic hydroxyl groups is 1. The van der Waals surface area contributed by atoms with Crippen LogP contribution < -0.4 is 0 Å². The van der Waals surface area contributed by atoms with Crippen molar-refractivity contribution in [1.82, 2.24) is 0 Å². The molecule has 0 spiro atoms. The number of aromatic hydroxyl groups is 1. The van der Waals surface area contributed by atoms with Crippen molar-refractivity contribution in [3.8, 4) is 17.1 Å². The lowest BCUT2D eigenvalue weighted by atomic mass is 10.0. The van der Waals surface area contributed by atoms with Crippen molar-refractivity contribution in [3.05, 3.63) is 53.6 Å². The van der Waals surface area contributed by atoms with Crippen molar-refractivity contribution in [3.63, 3.8) is 0 Å². The van der Waals surface area contributed by atoms with Crippen molar-refractivity contribution in [1.29, 1.82) is 0 Å². The Morgan fingerprint density at radius 3 is 2.63 bits per heavy atom. The van der Waals surface area contributed by atoms with Crippen LogP contribution in [0.5, 0.6) is 5.75 Å². The number of fused-ring (bicyclic) bond motifs is 1. The van der Waals surface area contributed by atoms with Gasteiger partial charge in [-0.05, 0) is 24.6 Å². The first-order valence-corrected chi connectivity index (χ1v) is 6.12. The highest BCUT2D eigenvalue weighted by Gasteiger charge is 2.15. The SMILES string of the molecule is Cc1ccc(-c2oc3ccccc3c2CO)cc1O. The molecule has 3 heteroatoms. The third kappa shape index (κ3) is 1.88. The minimum absolute atomic E-state index is 0.0962. The Hall–Kier alpha value is -2.26. The van der Waals surface area contributed by atoms with Gasteiger partial charge in [0, 0.05) is 16.5 Å². The van der Waals surface area contributed by atoms with Crippen LogP contribution >= 0.6 is 0 Å². The van der Waals surface area contributed by atoms with Crippen LogP contribution in [0.3, 0.4) is 0 Å². The fourth-order valence-corrected chi connectivity index (χ4v) is 2.24. The molecular weight excluding hydrogens is 240 g/mol. The first kappa shape index (κ1) is 11.8. The first-order chi connectivity index (χ1) is 9.20. The topological polar surface area (TPSA) is 53.6 Å². The van der Waals surface area contributed by atoms with Crippen LogP contribution in [-0.4, -0.2) is 10.2 Å². The van der Waals surface area contributed by atoms with E-state index in [9.17, 15) is 10.2 Å². The van der Waals surface area contributed by atoms with E-state index >= 15 is 0 Å². The first-order valence-electron chi connectivity index (χ1n) is 6.12. The zero-order valence-corrected chi connectivity index (χ0v) is 10.6. The lowest BCUT2D eigenvalue weighted by Crippen LogP contribution is -1.85. The lowest BCUT2D eigenvalue weighted by molar-refractivity contribution is 0.282. The summed E-state index contributed by atoms with van der Waals surface area (Å²) in [7, 11) is 0. The van der Waals surface area contributed by atoms with E-state index in [0.717, 1.165) is 27.7 Å². The smallest absolute Gasteiger partial charge is 0.141 e. The van der Waals surface area contributed by atoms with E-state index in [1.807, 2.05) is 43.3 Å². The molecule has 0 fully saturated rings. The largest absolute Gasteiger partial charge is 0.508 e. The maximum Gasteiger partial charge on any atom is 0.141 e. The standard InChI is InChI=1S/C16H14O3/c1-10-6-7-11(8-14(10)18)16-13(9-17)12-4-2-3-5-15(12)19-16/h2-8,17-18H,9H2,1H3. The number of benzene rings is 2. The van der Waals surface area contributed by atoms with E-state index in [1.54, 1.807) is 6.07 Å². The fourth-order valence-electron chi connectivity index (χ4n) is 2.24. The average molecular weight is 254 g/mol. The van der Waals surface area contributed by atoms with Crippen LogP contribution in [0.15, 0.2) is 46.9 Å². The third-order valence-electron chi connectivity index (χ3n) is 3.33. The van der Waals surface area contributed by atoms with E-state index in [4.69, 9.17) is 4.42 Å². The van der Waals surface area contributed by atoms with Gasteiger partial charge in [0.1, 0.15) is 17.1 Å². The molecule has 0 unspecified atom stereocenters. The molecule has 0 bridgehead atoms. The maximum atomic E-state index is 9.80. The summed E-state index contributed by atoms with van der Waals surface area (Å²) in [6.45, 7) is 1.74. The zero-order valence-electron chi connectivity index (χ0n) is 10.6. The molecule has 1 aromatic heterocycles. The monoisotopic (exact) mass is 254 g/mol. The van der Waals surface area contributed by atoms with Gasteiger partial charge in [-0.2, -0.15) is 0 Å². The fraction of sp³-hybridized carbons (Fsp3) is 0.125.